The van der Waals surface area contributed by atoms with E-state index in [9.17, 15) is 19.5 Å². The number of carboxylic acids is 2. The van der Waals surface area contributed by atoms with Crippen LogP contribution in [0.4, 0.5) is 5.69 Å². The summed E-state index contributed by atoms with van der Waals surface area (Å²) in [4.78, 5) is 35.4. The van der Waals surface area contributed by atoms with Gasteiger partial charge in [0.1, 0.15) is 11.3 Å². The minimum absolute atomic E-state index is 0.0401. The van der Waals surface area contributed by atoms with Gasteiger partial charge in [0, 0.05) is 13.0 Å². The molecule has 20 heavy (non-hydrogen) atoms. The van der Waals surface area contributed by atoms with E-state index in [1.54, 1.807) is 6.07 Å². The lowest BCUT2D eigenvalue weighted by Crippen LogP contribution is -2.27. The maximum Gasteiger partial charge on any atom is 0.341 e. The van der Waals surface area contributed by atoms with E-state index in [0.29, 0.717) is 0 Å². The van der Waals surface area contributed by atoms with Gasteiger partial charge in [-0.2, -0.15) is 0 Å². The first-order valence-corrected chi connectivity index (χ1v) is 5.89. The van der Waals surface area contributed by atoms with Crippen LogP contribution in [0, 0.1) is 5.92 Å². The lowest BCUT2D eigenvalue weighted by molar-refractivity contribution is -0.141. The molecule has 0 bridgehead atoms. The fourth-order valence-corrected chi connectivity index (χ4v) is 2.24. The van der Waals surface area contributed by atoms with Crippen molar-refractivity contribution >= 4 is 23.5 Å². The largest absolute Gasteiger partial charge is 0.496 e. The third-order valence-corrected chi connectivity index (χ3v) is 3.20. The second-order valence-corrected chi connectivity index (χ2v) is 4.40. The Hall–Kier alpha value is -2.57. The van der Waals surface area contributed by atoms with Gasteiger partial charge < -0.3 is 19.8 Å². The standard InChI is InChI=1S/C13H13NO6/c1-20-9-4-2-3-8(11(9)13(18)19)14-6-7(12(16)17)5-10(14)15/h2-4,7H,5-6H2,1H3,(H,16,17)(H,18,19). The van der Waals surface area contributed by atoms with Crippen LogP contribution in [-0.2, 0) is 9.59 Å². The molecule has 106 valence electrons. The summed E-state index contributed by atoms with van der Waals surface area (Å²) >= 11 is 0. The van der Waals surface area contributed by atoms with Gasteiger partial charge in [-0.1, -0.05) is 6.07 Å². The van der Waals surface area contributed by atoms with Crippen molar-refractivity contribution in [2.24, 2.45) is 5.92 Å². The first-order chi connectivity index (χ1) is 9.45. The van der Waals surface area contributed by atoms with Gasteiger partial charge in [0.15, 0.2) is 0 Å². The Morgan fingerprint density at radius 1 is 1.35 bits per heavy atom. The summed E-state index contributed by atoms with van der Waals surface area (Å²) in [5, 5.41) is 18.2. The van der Waals surface area contributed by atoms with Gasteiger partial charge in [0.25, 0.3) is 0 Å². The van der Waals surface area contributed by atoms with Crippen molar-refractivity contribution < 1.29 is 29.3 Å². The number of hydrogen-bond donors (Lipinski definition) is 2. The van der Waals surface area contributed by atoms with Gasteiger partial charge >= 0.3 is 11.9 Å². The van der Waals surface area contributed by atoms with E-state index in [0.717, 1.165) is 0 Å². The average Bonchev–Trinajstić information content (AvgIpc) is 2.79. The minimum atomic E-state index is -1.23. The van der Waals surface area contributed by atoms with Gasteiger partial charge in [0.05, 0.1) is 18.7 Å². The molecule has 0 radical (unpaired) electrons. The number of nitrogens with zero attached hydrogens (tertiary/aromatic N) is 1. The third kappa shape index (κ3) is 2.29. The number of anilines is 1. The summed E-state index contributed by atoms with van der Waals surface area (Å²) in [5.74, 6) is -3.41. The second kappa shape index (κ2) is 5.20. The van der Waals surface area contributed by atoms with Crippen molar-refractivity contribution in [1.82, 2.24) is 0 Å². The lowest BCUT2D eigenvalue weighted by atomic mass is 10.1. The highest BCUT2D eigenvalue weighted by atomic mass is 16.5. The maximum absolute atomic E-state index is 11.9. The number of carbonyl (C=O) groups is 3. The number of hydrogen-bond acceptors (Lipinski definition) is 4. The Balaban J connectivity index is 2.45. The summed E-state index contributed by atoms with van der Waals surface area (Å²) in [6, 6.07) is 4.50. The van der Waals surface area contributed by atoms with Crippen molar-refractivity contribution in [3.63, 3.8) is 0 Å². The number of carbonyl (C=O) groups excluding carboxylic acids is 1. The van der Waals surface area contributed by atoms with Gasteiger partial charge in [-0.3, -0.25) is 9.59 Å². The molecule has 0 saturated carbocycles. The Kier molecular flexibility index (Phi) is 3.60. The van der Waals surface area contributed by atoms with E-state index < -0.39 is 23.8 Å². The third-order valence-electron chi connectivity index (χ3n) is 3.20. The number of aliphatic carboxylic acids is 1. The van der Waals surface area contributed by atoms with E-state index in [2.05, 4.69) is 0 Å². The maximum atomic E-state index is 11.9. The predicted molar refractivity (Wildman–Crippen MR) is 68.0 cm³/mol. The smallest absolute Gasteiger partial charge is 0.341 e. The van der Waals surface area contributed by atoms with Crippen LogP contribution < -0.4 is 9.64 Å². The molecule has 1 aromatic carbocycles. The van der Waals surface area contributed by atoms with E-state index >= 15 is 0 Å². The molecular weight excluding hydrogens is 266 g/mol. The van der Waals surface area contributed by atoms with Gasteiger partial charge in [-0.15, -0.1) is 0 Å². The fraction of sp³-hybridized carbons (Fsp3) is 0.308. The van der Waals surface area contributed by atoms with Crippen molar-refractivity contribution in [2.75, 3.05) is 18.6 Å². The summed E-state index contributed by atoms with van der Waals surface area (Å²) in [7, 11) is 1.33. The number of aromatic carboxylic acids is 1. The molecular formula is C13H13NO6. The monoisotopic (exact) mass is 279 g/mol. The van der Waals surface area contributed by atoms with E-state index in [4.69, 9.17) is 9.84 Å². The zero-order valence-corrected chi connectivity index (χ0v) is 10.7. The van der Waals surface area contributed by atoms with Crippen LogP contribution in [0.15, 0.2) is 18.2 Å². The SMILES string of the molecule is COc1cccc(N2CC(C(=O)O)CC2=O)c1C(=O)O. The van der Waals surface area contributed by atoms with Gasteiger partial charge in [-0.25, -0.2) is 4.79 Å². The fourth-order valence-electron chi connectivity index (χ4n) is 2.24. The molecule has 1 heterocycles. The number of amides is 1. The molecule has 0 aromatic heterocycles. The quantitative estimate of drug-likeness (QED) is 0.846. The molecule has 0 aliphatic carbocycles. The number of methoxy groups -OCH3 is 1. The summed E-state index contributed by atoms with van der Waals surface area (Å²) < 4.78 is 4.98. The van der Waals surface area contributed by atoms with Crippen LogP contribution >= 0.6 is 0 Å². The van der Waals surface area contributed by atoms with Crippen LogP contribution in [0.2, 0.25) is 0 Å². The Morgan fingerprint density at radius 2 is 2.05 bits per heavy atom. The zero-order valence-electron chi connectivity index (χ0n) is 10.7. The molecule has 1 atom stereocenters. The molecule has 1 aliphatic rings. The van der Waals surface area contributed by atoms with E-state index in [-0.39, 0.29) is 30.0 Å². The van der Waals surface area contributed by atoms with Gasteiger partial charge in [-0.05, 0) is 12.1 Å². The van der Waals surface area contributed by atoms with Crippen LogP contribution in [0.3, 0.4) is 0 Å². The highest BCUT2D eigenvalue weighted by Gasteiger charge is 2.37. The Bertz CT molecular complexity index is 582. The molecule has 1 saturated heterocycles. The minimum Gasteiger partial charge on any atom is -0.496 e. The number of ether oxygens (including phenoxy) is 1. The van der Waals surface area contributed by atoms with Crippen molar-refractivity contribution in [1.29, 1.82) is 0 Å². The zero-order chi connectivity index (χ0) is 14.9. The molecule has 1 amide bonds. The lowest BCUT2D eigenvalue weighted by Gasteiger charge is -2.19. The summed E-state index contributed by atoms with van der Waals surface area (Å²) in [6.07, 6.45) is -0.133. The first-order valence-electron chi connectivity index (χ1n) is 5.89. The molecule has 2 N–H and O–H groups in total. The van der Waals surface area contributed by atoms with E-state index in [1.807, 2.05) is 0 Å². The van der Waals surface area contributed by atoms with Crippen LogP contribution in [-0.4, -0.2) is 41.7 Å². The molecule has 2 rings (SSSR count). The normalized spacial score (nSPS) is 18.1. The first kappa shape index (κ1) is 13.9. The van der Waals surface area contributed by atoms with Crippen LogP contribution in [0.25, 0.3) is 0 Å². The molecule has 0 spiro atoms. The van der Waals surface area contributed by atoms with E-state index in [1.165, 1.54) is 24.1 Å². The van der Waals surface area contributed by atoms with Crippen molar-refractivity contribution in [2.45, 2.75) is 6.42 Å². The Labute approximate surface area is 114 Å². The highest BCUT2D eigenvalue weighted by Crippen LogP contribution is 2.33. The molecule has 7 heteroatoms. The molecule has 1 aliphatic heterocycles. The molecule has 7 nitrogen and oxygen atoms in total. The molecule has 1 unspecified atom stereocenters. The predicted octanol–water partition coefficient (Wildman–Crippen LogP) is 0.831. The summed E-state index contributed by atoms with van der Waals surface area (Å²) in [5.41, 5.74) is 0.0139. The molecule has 1 aromatic rings. The second-order valence-electron chi connectivity index (χ2n) is 4.40. The van der Waals surface area contributed by atoms with Crippen LogP contribution in [0.5, 0.6) is 5.75 Å². The van der Waals surface area contributed by atoms with Gasteiger partial charge in [0.2, 0.25) is 5.91 Å². The number of carboxylic acid groups (broad SMARTS) is 2. The topological polar surface area (TPSA) is 104 Å². The van der Waals surface area contributed by atoms with Crippen LogP contribution in [0.1, 0.15) is 16.8 Å². The van der Waals surface area contributed by atoms with Crippen molar-refractivity contribution in [3.8, 4) is 5.75 Å². The van der Waals surface area contributed by atoms with Crippen molar-refractivity contribution in [3.05, 3.63) is 23.8 Å². The average molecular weight is 279 g/mol. The number of benzene rings is 1. The number of rotatable bonds is 4. The molecule has 1 fully saturated rings. The highest BCUT2D eigenvalue weighted by molar-refractivity contribution is 6.06. The Morgan fingerprint density at radius 3 is 2.55 bits per heavy atom. The summed E-state index contributed by atoms with van der Waals surface area (Å²) in [6.45, 7) is -0.0401.